The van der Waals surface area contributed by atoms with Crippen LogP contribution in [0.25, 0.3) is 0 Å². The van der Waals surface area contributed by atoms with Crippen molar-refractivity contribution in [2.75, 3.05) is 5.75 Å². The number of carboxylic acids is 1. The van der Waals surface area contributed by atoms with Crippen molar-refractivity contribution < 1.29 is 38.6 Å². The van der Waals surface area contributed by atoms with Gasteiger partial charge in [0.15, 0.2) is 0 Å². The van der Waals surface area contributed by atoms with E-state index in [2.05, 4.69) is 21.3 Å². The predicted octanol–water partition coefficient (Wildman–Crippen LogP) is 9.70. The fourth-order valence-corrected chi connectivity index (χ4v) is 9.72. The summed E-state index contributed by atoms with van der Waals surface area (Å²) in [5, 5.41) is 22.1. The average Bonchev–Trinajstić information content (AvgIpc) is 3.34. The zero-order valence-corrected chi connectivity index (χ0v) is 43.0. The van der Waals surface area contributed by atoms with Crippen LogP contribution >= 0.6 is 23.4 Å². The molecule has 4 atom stereocenters. The number of ether oxygens (including phenoxy) is 2. The Hall–Kier alpha value is -7.09. The zero-order chi connectivity index (χ0) is 51.9. The molecule has 0 heterocycles. The lowest BCUT2D eigenvalue weighted by atomic mass is 9.84. The van der Waals surface area contributed by atoms with Crippen LogP contribution in [0.15, 0.2) is 170 Å². The summed E-state index contributed by atoms with van der Waals surface area (Å²) in [6.45, 7) is 10.9. The van der Waals surface area contributed by atoms with E-state index in [-0.39, 0.29) is 25.0 Å². The summed E-state index contributed by atoms with van der Waals surface area (Å²) in [4.78, 5) is 70.8. The van der Waals surface area contributed by atoms with E-state index in [9.17, 15) is 24.3 Å². The standard InChI is InChI=1S/C58H63ClN4O8S/c1-56(2,3)70-46-33-29-41(30-34-46)35-47(51(64)61-49(54(67)68)37-39-19-11-7-12-20-39)60-53(66)50(62-52(65)48(63-55(69)71-57(4,5)6)36-40-27-31-45(59)32-28-40)38-72-58(42-21-13-8-14-22-42,43-23-15-9-16-24-43)44-25-17-10-18-26-44/h7-34,47-50H,35-38H2,1-6H3,(H,60,66)(H,61,64)(H,62,65)(H,63,69)(H,67,68)/t47-,48-,49+,50+/m0/s1. The second-order valence-corrected chi connectivity index (χ2v) is 21.1. The van der Waals surface area contributed by atoms with Gasteiger partial charge >= 0.3 is 12.1 Å². The Morgan fingerprint density at radius 1 is 0.486 bits per heavy atom. The number of aliphatic carboxylic acids is 1. The van der Waals surface area contributed by atoms with Gasteiger partial charge in [-0.05, 0) is 99.2 Å². The SMILES string of the molecule is CC(C)(C)OC(=O)N[C@@H](Cc1ccc(Cl)cc1)C(=O)N[C@H](CSC(c1ccccc1)(c1ccccc1)c1ccccc1)C(=O)N[C@@H](Cc1ccc(OC(C)(C)C)cc1)C(=O)N[C@H](Cc1ccccc1)C(=O)O. The number of nitrogens with one attached hydrogen (secondary N) is 4. The zero-order valence-electron chi connectivity index (χ0n) is 41.4. The van der Waals surface area contributed by atoms with Crippen LogP contribution in [0.4, 0.5) is 4.79 Å². The molecule has 376 valence electrons. The highest BCUT2D eigenvalue weighted by molar-refractivity contribution is 8.00. The topological polar surface area (TPSA) is 172 Å². The normalized spacial score (nSPS) is 13.3. The van der Waals surface area contributed by atoms with Crippen molar-refractivity contribution in [3.63, 3.8) is 0 Å². The first kappa shape index (κ1) is 54.2. The molecule has 6 aromatic rings. The quantitative estimate of drug-likeness (QED) is 0.0441. The maximum Gasteiger partial charge on any atom is 0.408 e. The van der Waals surface area contributed by atoms with E-state index >= 15 is 4.79 Å². The molecule has 0 radical (unpaired) electrons. The highest BCUT2D eigenvalue weighted by Gasteiger charge is 2.40. The highest BCUT2D eigenvalue weighted by atomic mass is 35.5. The van der Waals surface area contributed by atoms with Crippen molar-refractivity contribution >= 4 is 53.1 Å². The van der Waals surface area contributed by atoms with Crippen molar-refractivity contribution in [1.82, 2.24) is 21.3 Å². The molecule has 0 saturated heterocycles. The van der Waals surface area contributed by atoms with Gasteiger partial charge in [0.1, 0.15) is 41.1 Å². The van der Waals surface area contributed by atoms with Crippen molar-refractivity contribution in [2.24, 2.45) is 0 Å². The van der Waals surface area contributed by atoms with Gasteiger partial charge in [0.25, 0.3) is 0 Å². The fraction of sp³-hybridized carbons (Fsp3) is 0.293. The molecule has 14 heteroatoms. The van der Waals surface area contributed by atoms with Crippen molar-refractivity contribution in [2.45, 2.75) is 101 Å². The summed E-state index contributed by atoms with van der Waals surface area (Å²) in [5.74, 6) is -2.91. The molecule has 4 amide bonds. The molecule has 6 aromatic carbocycles. The number of rotatable bonds is 21. The van der Waals surface area contributed by atoms with E-state index in [1.54, 1.807) is 93.6 Å². The Morgan fingerprint density at radius 3 is 1.31 bits per heavy atom. The molecule has 0 bridgehead atoms. The molecule has 0 aliphatic carbocycles. The van der Waals surface area contributed by atoms with Crippen LogP contribution < -0.4 is 26.0 Å². The highest BCUT2D eigenvalue weighted by Crippen LogP contribution is 2.48. The van der Waals surface area contributed by atoms with E-state index in [0.29, 0.717) is 27.5 Å². The van der Waals surface area contributed by atoms with Crippen LogP contribution in [0.3, 0.4) is 0 Å². The van der Waals surface area contributed by atoms with E-state index < -0.39 is 69.9 Å². The molecule has 0 unspecified atom stereocenters. The maximum absolute atomic E-state index is 15.3. The monoisotopic (exact) mass is 1010 g/mol. The minimum atomic E-state index is -1.36. The van der Waals surface area contributed by atoms with Gasteiger partial charge in [0.05, 0.1) is 4.75 Å². The molecule has 0 aromatic heterocycles. The van der Waals surface area contributed by atoms with Crippen molar-refractivity contribution in [3.8, 4) is 5.75 Å². The summed E-state index contributed by atoms with van der Waals surface area (Å²) >= 11 is 7.63. The van der Waals surface area contributed by atoms with Crippen LogP contribution in [0.1, 0.15) is 74.9 Å². The minimum Gasteiger partial charge on any atom is -0.488 e. The van der Waals surface area contributed by atoms with Crippen LogP contribution in [0.2, 0.25) is 5.02 Å². The number of carboxylic acid groups (broad SMARTS) is 1. The molecule has 72 heavy (non-hydrogen) atoms. The van der Waals surface area contributed by atoms with E-state index in [1.165, 1.54) is 11.8 Å². The van der Waals surface area contributed by atoms with E-state index in [4.69, 9.17) is 21.1 Å². The van der Waals surface area contributed by atoms with Crippen LogP contribution in [-0.4, -0.2) is 76.0 Å². The average molecular weight is 1010 g/mol. The van der Waals surface area contributed by atoms with Gasteiger partial charge in [-0.3, -0.25) is 14.4 Å². The second-order valence-electron chi connectivity index (χ2n) is 19.4. The first-order valence-corrected chi connectivity index (χ1v) is 25.1. The number of amides is 4. The van der Waals surface area contributed by atoms with Gasteiger partial charge in [0, 0.05) is 30.0 Å². The number of hydrogen-bond donors (Lipinski definition) is 5. The summed E-state index contributed by atoms with van der Waals surface area (Å²) in [6.07, 6.45) is -0.914. The van der Waals surface area contributed by atoms with Gasteiger partial charge in [-0.25, -0.2) is 9.59 Å². The van der Waals surface area contributed by atoms with Crippen LogP contribution in [0, 0.1) is 0 Å². The predicted molar refractivity (Wildman–Crippen MR) is 284 cm³/mol. The molecular formula is C58H63ClN4O8S. The Bertz CT molecular complexity index is 2620. The molecule has 0 aliphatic rings. The molecule has 0 saturated carbocycles. The smallest absolute Gasteiger partial charge is 0.408 e. The molecule has 12 nitrogen and oxygen atoms in total. The molecule has 0 aliphatic heterocycles. The third-order valence-corrected chi connectivity index (χ3v) is 13.2. The number of halogens is 1. The Morgan fingerprint density at radius 2 is 0.861 bits per heavy atom. The summed E-state index contributed by atoms with van der Waals surface area (Å²) < 4.78 is 10.7. The molecule has 0 fully saturated rings. The third-order valence-electron chi connectivity index (χ3n) is 11.3. The van der Waals surface area contributed by atoms with E-state index in [0.717, 1.165) is 16.7 Å². The number of carbonyl (C=O) groups is 5. The molecule has 5 N–H and O–H groups in total. The first-order valence-electron chi connectivity index (χ1n) is 23.8. The Labute approximate surface area is 431 Å². The number of thioether (sulfide) groups is 1. The van der Waals surface area contributed by atoms with Gasteiger partial charge in [-0.2, -0.15) is 0 Å². The fourth-order valence-electron chi connectivity index (χ4n) is 8.03. The first-order chi connectivity index (χ1) is 34.3. The lowest BCUT2D eigenvalue weighted by molar-refractivity contribution is -0.142. The van der Waals surface area contributed by atoms with Crippen LogP contribution in [0.5, 0.6) is 5.75 Å². The third kappa shape index (κ3) is 16.0. The number of alkyl carbamates (subject to hydrolysis) is 1. The number of hydrogen-bond acceptors (Lipinski definition) is 8. The van der Waals surface area contributed by atoms with Crippen molar-refractivity contribution in [1.29, 1.82) is 0 Å². The largest absolute Gasteiger partial charge is 0.488 e. The van der Waals surface area contributed by atoms with Crippen LogP contribution in [-0.2, 0) is 47.9 Å². The summed E-state index contributed by atoms with van der Waals surface area (Å²) in [5.41, 5.74) is 3.33. The van der Waals surface area contributed by atoms with Gasteiger partial charge in [0.2, 0.25) is 17.7 Å². The second kappa shape index (κ2) is 24.8. The summed E-state index contributed by atoms with van der Waals surface area (Å²) in [6, 6.07) is 47.1. The minimum absolute atomic E-state index is 0.00363. The molecular weight excluding hydrogens is 948 g/mol. The molecule has 6 rings (SSSR count). The van der Waals surface area contributed by atoms with Gasteiger partial charge < -0.3 is 35.8 Å². The summed E-state index contributed by atoms with van der Waals surface area (Å²) in [7, 11) is 0. The Kier molecular flexibility index (Phi) is 18.7. The Balaban J connectivity index is 1.42. The van der Waals surface area contributed by atoms with Crippen molar-refractivity contribution in [3.05, 3.63) is 208 Å². The van der Waals surface area contributed by atoms with Gasteiger partial charge in [-0.15, -0.1) is 11.8 Å². The van der Waals surface area contributed by atoms with Gasteiger partial charge in [-0.1, -0.05) is 157 Å². The number of benzene rings is 6. The lowest BCUT2D eigenvalue weighted by Gasteiger charge is -2.37. The van der Waals surface area contributed by atoms with E-state index in [1.807, 2.05) is 118 Å². The number of carbonyl (C=O) groups excluding carboxylic acids is 4. The molecule has 0 spiro atoms. The maximum atomic E-state index is 15.3. The lowest BCUT2D eigenvalue weighted by Crippen LogP contribution is -2.59.